The van der Waals surface area contributed by atoms with Crippen molar-refractivity contribution < 1.29 is 13.2 Å². The molecule has 1 aromatic rings. The van der Waals surface area contributed by atoms with E-state index in [0.717, 1.165) is 24.8 Å². The molecule has 1 aromatic carbocycles. The number of rotatable bonds is 3. The first-order valence-electron chi connectivity index (χ1n) is 6.13. The second-order valence-electron chi connectivity index (χ2n) is 4.94. The standard InChI is InChI=1S/C13H16ClNO3S/c1-9-6-7-12(19(14,17)18)11(8-9)13(16)15(2)10-4-3-5-10/h6-8,10H,3-5H2,1-2H3. The van der Waals surface area contributed by atoms with Gasteiger partial charge in [-0.05, 0) is 38.3 Å². The van der Waals surface area contributed by atoms with E-state index in [9.17, 15) is 13.2 Å². The van der Waals surface area contributed by atoms with Gasteiger partial charge in [-0.2, -0.15) is 0 Å². The molecule has 0 saturated heterocycles. The van der Waals surface area contributed by atoms with Crippen LogP contribution in [0.2, 0.25) is 0 Å². The summed E-state index contributed by atoms with van der Waals surface area (Å²) in [7, 11) is 3.18. The van der Waals surface area contributed by atoms with E-state index < -0.39 is 9.05 Å². The summed E-state index contributed by atoms with van der Waals surface area (Å²) in [6.07, 6.45) is 3.05. The third-order valence-corrected chi connectivity index (χ3v) is 4.95. The SMILES string of the molecule is Cc1ccc(S(=O)(=O)Cl)c(C(=O)N(C)C2CCC2)c1. The highest BCUT2D eigenvalue weighted by Gasteiger charge is 2.29. The van der Waals surface area contributed by atoms with E-state index in [-0.39, 0.29) is 22.4 Å². The zero-order valence-corrected chi connectivity index (χ0v) is 12.5. The van der Waals surface area contributed by atoms with Gasteiger partial charge in [-0.25, -0.2) is 8.42 Å². The molecule has 0 radical (unpaired) electrons. The van der Waals surface area contributed by atoms with Gasteiger partial charge in [0.2, 0.25) is 0 Å². The molecule has 0 aromatic heterocycles. The van der Waals surface area contributed by atoms with Crippen LogP contribution in [0, 0.1) is 6.92 Å². The zero-order chi connectivity index (χ0) is 14.2. The molecule has 1 fully saturated rings. The highest BCUT2D eigenvalue weighted by atomic mass is 35.7. The summed E-state index contributed by atoms with van der Waals surface area (Å²) in [6.45, 7) is 1.81. The van der Waals surface area contributed by atoms with Gasteiger partial charge < -0.3 is 4.90 Å². The van der Waals surface area contributed by atoms with Gasteiger partial charge in [-0.15, -0.1) is 0 Å². The minimum Gasteiger partial charge on any atom is -0.339 e. The van der Waals surface area contributed by atoms with Gasteiger partial charge in [0.05, 0.1) is 10.5 Å². The van der Waals surface area contributed by atoms with Gasteiger partial charge in [0.15, 0.2) is 0 Å². The van der Waals surface area contributed by atoms with Crippen molar-refractivity contribution in [1.82, 2.24) is 4.90 Å². The van der Waals surface area contributed by atoms with Crippen LogP contribution in [0.4, 0.5) is 0 Å². The Kier molecular flexibility index (Phi) is 3.87. The molecule has 0 unspecified atom stereocenters. The van der Waals surface area contributed by atoms with Crippen LogP contribution in [0.15, 0.2) is 23.1 Å². The number of hydrogen-bond acceptors (Lipinski definition) is 3. The Bertz CT molecular complexity index is 608. The average molecular weight is 302 g/mol. The van der Waals surface area contributed by atoms with Gasteiger partial charge in [0.25, 0.3) is 15.0 Å². The van der Waals surface area contributed by atoms with Crippen LogP contribution in [-0.4, -0.2) is 32.3 Å². The maximum atomic E-state index is 12.4. The molecule has 0 N–H and O–H groups in total. The van der Waals surface area contributed by atoms with Crippen LogP contribution >= 0.6 is 10.7 Å². The molecule has 1 saturated carbocycles. The average Bonchev–Trinajstić information content (AvgIpc) is 2.23. The van der Waals surface area contributed by atoms with E-state index in [1.807, 2.05) is 6.92 Å². The topological polar surface area (TPSA) is 54.5 Å². The molecule has 0 spiro atoms. The van der Waals surface area contributed by atoms with E-state index >= 15 is 0 Å². The number of halogens is 1. The Labute approximate surface area is 117 Å². The molecule has 104 valence electrons. The van der Waals surface area contributed by atoms with E-state index in [1.165, 1.54) is 6.07 Å². The van der Waals surface area contributed by atoms with Crippen LogP contribution in [0.3, 0.4) is 0 Å². The smallest absolute Gasteiger partial charge is 0.262 e. The summed E-state index contributed by atoms with van der Waals surface area (Å²) in [5.41, 5.74) is 0.985. The number of amides is 1. The Morgan fingerprint density at radius 2 is 2.00 bits per heavy atom. The van der Waals surface area contributed by atoms with Gasteiger partial charge in [-0.3, -0.25) is 4.79 Å². The lowest BCUT2D eigenvalue weighted by Gasteiger charge is -2.35. The Balaban J connectivity index is 2.42. The first-order chi connectivity index (χ1) is 8.80. The first-order valence-corrected chi connectivity index (χ1v) is 8.44. The van der Waals surface area contributed by atoms with E-state index in [2.05, 4.69) is 0 Å². The third kappa shape index (κ3) is 2.92. The molecule has 1 amide bonds. The maximum Gasteiger partial charge on any atom is 0.262 e. The molecular weight excluding hydrogens is 286 g/mol. The van der Waals surface area contributed by atoms with Crippen LogP contribution in [-0.2, 0) is 9.05 Å². The summed E-state index contributed by atoms with van der Waals surface area (Å²) in [6, 6.07) is 4.81. The van der Waals surface area contributed by atoms with Crippen molar-refractivity contribution in [1.29, 1.82) is 0 Å². The zero-order valence-electron chi connectivity index (χ0n) is 10.9. The first kappa shape index (κ1) is 14.3. The van der Waals surface area contributed by atoms with Crippen molar-refractivity contribution in [3.8, 4) is 0 Å². The highest BCUT2D eigenvalue weighted by Crippen LogP contribution is 2.28. The predicted molar refractivity (Wildman–Crippen MR) is 74.0 cm³/mol. The minimum atomic E-state index is -3.92. The minimum absolute atomic E-state index is 0.115. The van der Waals surface area contributed by atoms with Crippen LogP contribution in [0.25, 0.3) is 0 Å². The Morgan fingerprint density at radius 1 is 1.37 bits per heavy atom. The van der Waals surface area contributed by atoms with Crippen molar-refractivity contribution in [2.75, 3.05) is 7.05 Å². The largest absolute Gasteiger partial charge is 0.339 e. The lowest BCUT2D eigenvalue weighted by Crippen LogP contribution is -2.41. The van der Waals surface area contributed by atoms with Crippen LogP contribution in [0.5, 0.6) is 0 Å². The maximum absolute atomic E-state index is 12.4. The number of carbonyl (C=O) groups excluding carboxylic acids is 1. The van der Waals surface area contributed by atoms with Gasteiger partial charge in [0, 0.05) is 23.8 Å². The number of aryl methyl sites for hydroxylation is 1. The lowest BCUT2D eigenvalue weighted by atomic mass is 9.91. The van der Waals surface area contributed by atoms with Crippen LogP contribution in [0.1, 0.15) is 35.2 Å². The monoisotopic (exact) mass is 301 g/mol. The summed E-state index contributed by atoms with van der Waals surface area (Å²) in [5, 5.41) is 0. The summed E-state index contributed by atoms with van der Waals surface area (Å²) < 4.78 is 23.1. The van der Waals surface area contributed by atoms with Crippen molar-refractivity contribution in [2.45, 2.75) is 37.1 Å². The molecule has 19 heavy (non-hydrogen) atoms. The lowest BCUT2D eigenvalue weighted by molar-refractivity contribution is 0.0648. The van der Waals surface area contributed by atoms with Crippen molar-refractivity contribution in [3.63, 3.8) is 0 Å². The normalized spacial score (nSPS) is 15.9. The molecule has 0 bridgehead atoms. The fourth-order valence-corrected chi connectivity index (χ4v) is 3.20. The van der Waals surface area contributed by atoms with Gasteiger partial charge in [0.1, 0.15) is 0 Å². The second kappa shape index (κ2) is 5.13. The summed E-state index contributed by atoms with van der Waals surface area (Å²) >= 11 is 0. The molecule has 1 aliphatic rings. The van der Waals surface area contributed by atoms with Crippen molar-refractivity contribution >= 4 is 25.6 Å². The molecular formula is C13H16ClNO3S. The molecule has 6 heteroatoms. The van der Waals surface area contributed by atoms with Gasteiger partial charge in [-0.1, -0.05) is 11.6 Å². The Hall–Kier alpha value is -1.07. The molecule has 4 nitrogen and oxygen atoms in total. The number of hydrogen-bond donors (Lipinski definition) is 0. The molecule has 2 rings (SSSR count). The van der Waals surface area contributed by atoms with Crippen LogP contribution < -0.4 is 0 Å². The fraction of sp³-hybridized carbons (Fsp3) is 0.462. The van der Waals surface area contributed by atoms with E-state index in [0.29, 0.717) is 0 Å². The van der Waals surface area contributed by atoms with Crippen molar-refractivity contribution in [3.05, 3.63) is 29.3 Å². The predicted octanol–water partition coefficient (Wildman–Crippen LogP) is 2.55. The van der Waals surface area contributed by atoms with E-state index in [4.69, 9.17) is 10.7 Å². The second-order valence-corrected chi connectivity index (χ2v) is 7.47. The molecule has 0 aliphatic heterocycles. The molecule has 0 atom stereocenters. The number of carbonyl (C=O) groups is 1. The molecule has 1 aliphatic carbocycles. The molecule has 0 heterocycles. The van der Waals surface area contributed by atoms with Crippen molar-refractivity contribution in [2.24, 2.45) is 0 Å². The Morgan fingerprint density at radius 3 is 2.47 bits per heavy atom. The quantitative estimate of drug-likeness (QED) is 0.806. The van der Waals surface area contributed by atoms with E-state index in [1.54, 1.807) is 24.1 Å². The number of nitrogens with zero attached hydrogens (tertiary/aromatic N) is 1. The summed E-state index contributed by atoms with van der Waals surface area (Å²) in [4.78, 5) is 13.9. The fourth-order valence-electron chi connectivity index (χ4n) is 2.15. The third-order valence-electron chi connectivity index (χ3n) is 3.57. The number of benzene rings is 1. The summed E-state index contributed by atoms with van der Waals surface area (Å²) in [5.74, 6) is -0.285. The van der Waals surface area contributed by atoms with Gasteiger partial charge >= 0.3 is 0 Å². The highest BCUT2D eigenvalue weighted by molar-refractivity contribution is 8.13.